The van der Waals surface area contributed by atoms with E-state index >= 15 is 0 Å². The number of anilines is 2. The summed E-state index contributed by atoms with van der Waals surface area (Å²) in [5.74, 6) is -0.335. The number of rotatable bonds is 5. The Morgan fingerprint density at radius 3 is 2.21 bits per heavy atom. The first-order valence-electron chi connectivity index (χ1n) is 9.65. The maximum absolute atomic E-state index is 12.7. The van der Waals surface area contributed by atoms with Crippen molar-refractivity contribution in [2.24, 2.45) is 0 Å². The molecular weight excluding hydrogens is 500 g/mol. The minimum absolute atomic E-state index is 0.0924. The van der Waals surface area contributed by atoms with Gasteiger partial charge in [0.25, 0.3) is 15.9 Å². The summed E-state index contributed by atoms with van der Waals surface area (Å²) in [7, 11) is -3.76. The van der Waals surface area contributed by atoms with Crippen LogP contribution in [0.15, 0.2) is 65.6 Å². The molecule has 0 aliphatic rings. The maximum atomic E-state index is 12.7. The zero-order valence-electron chi connectivity index (χ0n) is 17.0. The molecular formula is C22H15ClN4O3S3. The highest BCUT2D eigenvalue weighted by Gasteiger charge is 2.16. The Bertz CT molecular complexity index is 1610. The van der Waals surface area contributed by atoms with Crippen LogP contribution in [0.25, 0.3) is 20.4 Å². The molecule has 0 saturated heterocycles. The highest BCUT2D eigenvalue weighted by molar-refractivity contribution is 7.92. The summed E-state index contributed by atoms with van der Waals surface area (Å²) in [6.45, 7) is 1.96. The number of nitrogens with zero attached hydrogens (tertiary/aromatic N) is 2. The summed E-state index contributed by atoms with van der Waals surface area (Å²) in [5, 5.41) is 4.73. The monoisotopic (exact) mass is 514 g/mol. The van der Waals surface area contributed by atoms with Gasteiger partial charge in [0.05, 0.1) is 30.3 Å². The van der Waals surface area contributed by atoms with E-state index in [0.717, 1.165) is 25.4 Å². The predicted molar refractivity (Wildman–Crippen MR) is 134 cm³/mol. The Labute approximate surface area is 202 Å². The van der Waals surface area contributed by atoms with Crippen molar-refractivity contribution in [3.8, 4) is 0 Å². The number of aromatic nitrogens is 2. The van der Waals surface area contributed by atoms with Gasteiger partial charge in [-0.25, -0.2) is 18.4 Å². The average molecular weight is 515 g/mol. The lowest BCUT2D eigenvalue weighted by molar-refractivity contribution is 0.102. The van der Waals surface area contributed by atoms with Crippen LogP contribution in [0.5, 0.6) is 0 Å². The second-order valence-electron chi connectivity index (χ2n) is 7.10. The molecule has 166 valence electrons. The summed E-state index contributed by atoms with van der Waals surface area (Å²) >= 11 is 8.82. The first-order chi connectivity index (χ1) is 15.8. The van der Waals surface area contributed by atoms with Crippen LogP contribution in [-0.2, 0) is 10.0 Å². The lowest BCUT2D eigenvalue weighted by Gasteiger charge is -2.09. The summed E-state index contributed by atoms with van der Waals surface area (Å²) in [4.78, 5) is 21.8. The Morgan fingerprint density at radius 2 is 1.52 bits per heavy atom. The van der Waals surface area contributed by atoms with Crippen LogP contribution in [0.2, 0.25) is 5.02 Å². The van der Waals surface area contributed by atoms with E-state index in [-0.39, 0.29) is 10.8 Å². The third kappa shape index (κ3) is 4.42. The number of amides is 1. The van der Waals surface area contributed by atoms with Gasteiger partial charge in [-0.05, 0) is 67.6 Å². The van der Waals surface area contributed by atoms with Crippen molar-refractivity contribution in [1.29, 1.82) is 0 Å². The Kier molecular flexibility index (Phi) is 5.53. The number of carbonyl (C=O) groups excluding carboxylic acids is 1. The summed E-state index contributed by atoms with van der Waals surface area (Å²) < 4.78 is 29.5. The topological polar surface area (TPSA) is 101 Å². The third-order valence-electron chi connectivity index (χ3n) is 4.76. The summed E-state index contributed by atoms with van der Waals surface area (Å²) in [6.07, 6.45) is 0. The van der Waals surface area contributed by atoms with E-state index in [1.807, 2.05) is 19.1 Å². The molecule has 0 bridgehead atoms. The van der Waals surface area contributed by atoms with Crippen LogP contribution in [0, 0.1) is 6.92 Å². The molecule has 7 nitrogen and oxygen atoms in total. The van der Waals surface area contributed by atoms with E-state index in [1.54, 1.807) is 23.5 Å². The number of sulfonamides is 1. The van der Waals surface area contributed by atoms with Gasteiger partial charge in [-0.1, -0.05) is 22.9 Å². The molecule has 0 radical (unpaired) electrons. The maximum Gasteiger partial charge on any atom is 0.261 e. The van der Waals surface area contributed by atoms with E-state index in [2.05, 4.69) is 20.0 Å². The van der Waals surface area contributed by atoms with Gasteiger partial charge in [0.2, 0.25) is 0 Å². The number of hydrogen-bond acceptors (Lipinski definition) is 7. The molecule has 11 heteroatoms. The van der Waals surface area contributed by atoms with Crippen molar-refractivity contribution in [1.82, 2.24) is 9.97 Å². The Balaban J connectivity index is 1.32. The van der Waals surface area contributed by atoms with E-state index in [9.17, 15) is 13.2 Å². The van der Waals surface area contributed by atoms with Crippen LogP contribution in [0.3, 0.4) is 0 Å². The molecule has 1 amide bonds. The number of carbonyl (C=O) groups is 1. The largest absolute Gasteiger partial charge is 0.298 e. The van der Waals surface area contributed by atoms with Gasteiger partial charge in [-0.15, -0.1) is 11.3 Å². The number of halogens is 1. The van der Waals surface area contributed by atoms with Crippen LogP contribution in [0.1, 0.15) is 15.4 Å². The quantitative estimate of drug-likeness (QED) is 0.303. The van der Waals surface area contributed by atoms with Crippen molar-refractivity contribution >= 4 is 81.5 Å². The average Bonchev–Trinajstić information content (AvgIpc) is 3.36. The van der Waals surface area contributed by atoms with Crippen molar-refractivity contribution < 1.29 is 13.2 Å². The molecule has 2 aromatic heterocycles. The molecule has 0 saturated carbocycles. The molecule has 5 rings (SSSR count). The first-order valence-corrected chi connectivity index (χ1v) is 13.1. The van der Waals surface area contributed by atoms with Gasteiger partial charge in [-0.3, -0.25) is 14.8 Å². The standard InChI is InChI=1S/C22H15ClN4O3S3/c1-12-24-17-10-11-18-20(19(17)31-12)32-22(25-18)26-21(28)13-2-6-15(7-3-13)27-33(29,30)16-8-4-14(23)5-9-16/h2-11,27H,1H3,(H,25,26,28). The number of fused-ring (bicyclic) bond motifs is 3. The number of aryl methyl sites for hydroxylation is 1. The smallest absolute Gasteiger partial charge is 0.261 e. The van der Waals surface area contributed by atoms with Crippen LogP contribution in [0.4, 0.5) is 10.8 Å². The fourth-order valence-corrected chi connectivity index (χ4v) is 6.41. The summed E-state index contributed by atoms with van der Waals surface area (Å²) in [5.41, 5.74) is 2.44. The van der Waals surface area contributed by atoms with Crippen molar-refractivity contribution in [2.45, 2.75) is 11.8 Å². The minimum Gasteiger partial charge on any atom is -0.298 e. The normalized spacial score (nSPS) is 11.7. The molecule has 0 aliphatic carbocycles. The van der Waals surface area contributed by atoms with Gasteiger partial charge in [-0.2, -0.15) is 0 Å². The van der Waals surface area contributed by atoms with E-state index in [0.29, 0.717) is 21.4 Å². The molecule has 5 aromatic rings. The van der Waals surface area contributed by atoms with E-state index in [1.165, 1.54) is 47.7 Å². The molecule has 0 fully saturated rings. The SMILES string of the molecule is Cc1nc2ccc3nc(NC(=O)c4ccc(NS(=O)(=O)c5ccc(Cl)cc5)cc4)sc3c2s1. The molecule has 2 heterocycles. The van der Waals surface area contributed by atoms with Crippen molar-refractivity contribution in [2.75, 3.05) is 10.0 Å². The molecule has 0 unspecified atom stereocenters. The highest BCUT2D eigenvalue weighted by Crippen LogP contribution is 2.35. The van der Waals surface area contributed by atoms with Crippen molar-refractivity contribution in [3.63, 3.8) is 0 Å². The second-order valence-corrected chi connectivity index (χ2v) is 11.4. The lowest BCUT2D eigenvalue weighted by atomic mass is 10.2. The first kappa shape index (κ1) is 21.8. The number of hydrogen-bond donors (Lipinski definition) is 2. The van der Waals surface area contributed by atoms with Crippen LogP contribution >= 0.6 is 34.3 Å². The van der Waals surface area contributed by atoms with E-state index < -0.39 is 10.0 Å². The zero-order valence-corrected chi connectivity index (χ0v) is 20.2. The molecule has 0 aliphatic heterocycles. The van der Waals surface area contributed by atoms with Gasteiger partial charge < -0.3 is 0 Å². The van der Waals surface area contributed by atoms with Gasteiger partial charge in [0.1, 0.15) is 0 Å². The number of thiazole rings is 2. The van der Waals surface area contributed by atoms with Gasteiger partial charge in [0.15, 0.2) is 5.13 Å². The van der Waals surface area contributed by atoms with E-state index in [4.69, 9.17) is 11.6 Å². The molecule has 3 aromatic carbocycles. The lowest BCUT2D eigenvalue weighted by Crippen LogP contribution is -2.14. The van der Waals surface area contributed by atoms with Crippen molar-refractivity contribution in [3.05, 3.63) is 76.3 Å². The van der Waals surface area contributed by atoms with Crippen LogP contribution in [-0.4, -0.2) is 24.3 Å². The second kappa shape index (κ2) is 8.38. The molecule has 33 heavy (non-hydrogen) atoms. The number of nitrogens with one attached hydrogen (secondary N) is 2. The summed E-state index contributed by atoms with van der Waals surface area (Å²) in [6, 6.07) is 15.8. The Hall–Kier alpha value is -3.05. The number of benzene rings is 3. The third-order valence-corrected chi connectivity index (χ3v) is 8.55. The van der Waals surface area contributed by atoms with Crippen LogP contribution < -0.4 is 10.0 Å². The fraction of sp³-hybridized carbons (Fsp3) is 0.0455. The zero-order chi connectivity index (χ0) is 23.2. The van der Waals surface area contributed by atoms with Gasteiger partial charge >= 0.3 is 0 Å². The fourth-order valence-electron chi connectivity index (χ4n) is 3.22. The predicted octanol–water partition coefficient (Wildman–Crippen LogP) is 5.92. The molecule has 2 N–H and O–H groups in total. The van der Waals surface area contributed by atoms with Gasteiger partial charge in [0, 0.05) is 16.3 Å². The molecule has 0 atom stereocenters. The molecule has 0 spiro atoms. The minimum atomic E-state index is -3.76. The Morgan fingerprint density at radius 1 is 0.879 bits per heavy atom. The highest BCUT2D eigenvalue weighted by atomic mass is 35.5.